The summed E-state index contributed by atoms with van der Waals surface area (Å²) in [7, 11) is 3.06. The number of hydrogen-bond donors (Lipinski definition) is 0. The van der Waals surface area contributed by atoms with E-state index in [4.69, 9.17) is 14.2 Å². The van der Waals surface area contributed by atoms with Crippen LogP contribution in [-0.2, 0) is 6.61 Å². The number of aldehydes is 2. The molecule has 2 rings (SSSR count). The van der Waals surface area contributed by atoms with Crippen molar-refractivity contribution in [3.05, 3.63) is 53.1 Å². The van der Waals surface area contributed by atoms with E-state index in [-0.39, 0.29) is 6.61 Å². The van der Waals surface area contributed by atoms with Gasteiger partial charge < -0.3 is 14.2 Å². The molecule has 0 amide bonds. The molecule has 0 bridgehead atoms. The van der Waals surface area contributed by atoms with Gasteiger partial charge in [0.2, 0.25) is 0 Å². The first-order chi connectivity index (χ1) is 10.7. The molecule has 22 heavy (non-hydrogen) atoms. The summed E-state index contributed by atoms with van der Waals surface area (Å²) in [6, 6.07) is 10.0. The Bertz CT molecular complexity index is 679. The number of benzene rings is 2. The second kappa shape index (κ2) is 7.26. The SMILES string of the molecule is COc1ccc(C=O)cc1COc1ccc(C=O)cc1OC. The van der Waals surface area contributed by atoms with Crippen molar-refractivity contribution in [2.75, 3.05) is 14.2 Å². The Morgan fingerprint density at radius 2 is 1.41 bits per heavy atom. The van der Waals surface area contributed by atoms with Crippen LogP contribution in [0.5, 0.6) is 17.2 Å². The van der Waals surface area contributed by atoms with E-state index in [1.165, 1.54) is 7.11 Å². The first kappa shape index (κ1) is 15.6. The zero-order valence-electron chi connectivity index (χ0n) is 12.4. The van der Waals surface area contributed by atoms with Crippen molar-refractivity contribution in [2.45, 2.75) is 6.61 Å². The van der Waals surface area contributed by atoms with Gasteiger partial charge >= 0.3 is 0 Å². The quantitative estimate of drug-likeness (QED) is 0.736. The molecule has 5 heteroatoms. The van der Waals surface area contributed by atoms with Gasteiger partial charge in [-0.05, 0) is 36.4 Å². The van der Waals surface area contributed by atoms with E-state index < -0.39 is 0 Å². The highest BCUT2D eigenvalue weighted by Gasteiger charge is 2.09. The zero-order valence-corrected chi connectivity index (χ0v) is 12.4. The molecule has 0 aromatic heterocycles. The van der Waals surface area contributed by atoms with Crippen molar-refractivity contribution >= 4 is 12.6 Å². The lowest BCUT2D eigenvalue weighted by Crippen LogP contribution is -2.01. The van der Waals surface area contributed by atoms with Crippen molar-refractivity contribution in [1.29, 1.82) is 0 Å². The van der Waals surface area contributed by atoms with Gasteiger partial charge in [-0.1, -0.05) is 0 Å². The molecular formula is C17H16O5. The third-order valence-corrected chi connectivity index (χ3v) is 3.15. The average Bonchev–Trinajstić information content (AvgIpc) is 2.59. The first-order valence-electron chi connectivity index (χ1n) is 6.60. The number of hydrogen-bond acceptors (Lipinski definition) is 5. The molecule has 114 valence electrons. The smallest absolute Gasteiger partial charge is 0.161 e. The minimum Gasteiger partial charge on any atom is -0.496 e. The van der Waals surface area contributed by atoms with Crippen LogP contribution < -0.4 is 14.2 Å². The summed E-state index contributed by atoms with van der Waals surface area (Å²) in [6.45, 7) is 0.210. The molecule has 0 aliphatic heterocycles. The normalized spacial score (nSPS) is 9.91. The molecule has 0 saturated carbocycles. The standard InChI is InChI=1S/C17H16O5/c1-20-15-5-3-12(9-18)7-14(15)11-22-16-6-4-13(10-19)8-17(16)21-2/h3-10H,11H2,1-2H3. The van der Waals surface area contributed by atoms with Crippen molar-refractivity contribution in [3.8, 4) is 17.2 Å². The third kappa shape index (κ3) is 3.44. The number of carbonyl (C=O) groups is 2. The fourth-order valence-corrected chi connectivity index (χ4v) is 2.02. The van der Waals surface area contributed by atoms with E-state index in [0.29, 0.717) is 28.4 Å². The number of ether oxygens (including phenoxy) is 3. The van der Waals surface area contributed by atoms with E-state index in [2.05, 4.69) is 0 Å². The topological polar surface area (TPSA) is 61.8 Å². The highest BCUT2D eigenvalue weighted by Crippen LogP contribution is 2.29. The van der Waals surface area contributed by atoms with Gasteiger partial charge in [0.25, 0.3) is 0 Å². The fraction of sp³-hybridized carbons (Fsp3) is 0.176. The molecule has 5 nitrogen and oxygen atoms in total. The number of rotatable bonds is 7. The van der Waals surface area contributed by atoms with E-state index >= 15 is 0 Å². The Balaban J connectivity index is 2.22. The van der Waals surface area contributed by atoms with Crippen LogP contribution in [0.1, 0.15) is 26.3 Å². The predicted molar refractivity (Wildman–Crippen MR) is 81.1 cm³/mol. The van der Waals surface area contributed by atoms with E-state index in [0.717, 1.165) is 18.1 Å². The molecule has 0 heterocycles. The van der Waals surface area contributed by atoms with E-state index in [9.17, 15) is 9.59 Å². The zero-order chi connectivity index (χ0) is 15.9. The van der Waals surface area contributed by atoms with Crippen LogP contribution in [0.25, 0.3) is 0 Å². The van der Waals surface area contributed by atoms with Crippen LogP contribution in [0.4, 0.5) is 0 Å². The van der Waals surface area contributed by atoms with Crippen molar-refractivity contribution < 1.29 is 23.8 Å². The average molecular weight is 300 g/mol. The second-order valence-corrected chi connectivity index (χ2v) is 4.51. The van der Waals surface area contributed by atoms with Crippen LogP contribution in [0.3, 0.4) is 0 Å². The van der Waals surface area contributed by atoms with Gasteiger partial charge in [0.05, 0.1) is 14.2 Å². The first-order valence-corrected chi connectivity index (χ1v) is 6.60. The van der Waals surface area contributed by atoms with E-state index in [1.54, 1.807) is 43.5 Å². The fourth-order valence-electron chi connectivity index (χ4n) is 2.02. The van der Waals surface area contributed by atoms with Gasteiger partial charge in [0.1, 0.15) is 24.9 Å². The summed E-state index contributed by atoms with van der Waals surface area (Å²) in [5, 5.41) is 0. The molecule has 0 saturated heterocycles. The summed E-state index contributed by atoms with van der Waals surface area (Å²) >= 11 is 0. The van der Waals surface area contributed by atoms with Gasteiger partial charge in [-0.25, -0.2) is 0 Å². The maximum Gasteiger partial charge on any atom is 0.161 e. The largest absolute Gasteiger partial charge is 0.496 e. The monoisotopic (exact) mass is 300 g/mol. The summed E-state index contributed by atoms with van der Waals surface area (Å²) in [4.78, 5) is 21.6. The molecule has 0 unspecified atom stereocenters. The second-order valence-electron chi connectivity index (χ2n) is 4.51. The summed E-state index contributed by atoms with van der Waals surface area (Å²) < 4.78 is 16.2. The third-order valence-electron chi connectivity index (χ3n) is 3.15. The Kier molecular flexibility index (Phi) is 5.14. The van der Waals surface area contributed by atoms with Gasteiger partial charge in [-0.15, -0.1) is 0 Å². The van der Waals surface area contributed by atoms with Gasteiger partial charge in [0, 0.05) is 16.7 Å². The van der Waals surface area contributed by atoms with Crippen molar-refractivity contribution in [3.63, 3.8) is 0 Å². The minimum absolute atomic E-state index is 0.210. The number of carbonyl (C=O) groups excluding carboxylic acids is 2. The molecule has 0 aliphatic carbocycles. The lowest BCUT2D eigenvalue weighted by atomic mass is 10.1. The van der Waals surface area contributed by atoms with E-state index in [1.807, 2.05) is 0 Å². The molecule has 0 radical (unpaired) electrons. The van der Waals surface area contributed by atoms with Crippen LogP contribution in [0.2, 0.25) is 0 Å². The molecular weight excluding hydrogens is 284 g/mol. The molecule has 0 N–H and O–H groups in total. The Hall–Kier alpha value is -2.82. The molecule has 0 aliphatic rings. The lowest BCUT2D eigenvalue weighted by Gasteiger charge is -2.13. The molecule has 0 atom stereocenters. The molecule has 2 aromatic rings. The van der Waals surface area contributed by atoms with Gasteiger partial charge in [-0.2, -0.15) is 0 Å². The summed E-state index contributed by atoms with van der Waals surface area (Å²) in [5.74, 6) is 1.61. The molecule has 0 spiro atoms. The summed E-state index contributed by atoms with van der Waals surface area (Å²) in [5.41, 5.74) is 1.79. The van der Waals surface area contributed by atoms with Gasteiger partial charge in [0.15, 0.2) is 11.5 Å². The van der Waals surface area contributed by atoms with Crippen molar-refractivity contribution in [1.82, 2.24) is 0 Å². The van der Waals surface area contributed by atoms with Crippen LogP contribution in [-0.4, -0.2) is 26.8 Å². The maximum atomic E-state index is 10.9. The molecule has 2 aromatic carbocycles. The minimum atomic E-state index is 0.210. The Morgan fingerprint density at radius 3 is 2.00 bits per heavy atom. The Labute approximate surface area is 128 Å². The highest BCUT2D eigenvalue weighted by molar-refractivity contribution is 5.76. The van der Waals surface area contributed by atoms with Crippen molar-refractivity contribution in [2.24, 2.45) is 0 Å². The van der Waals surface area contributed by atoms with Crippen LogP contribution in [0, 0.1) is 0 Å². The highest BCUT2D eigenvalue weighted by atomic mass is 16.5. The Morgan fingerprint density at radius 1 is 0.818 bits per heavy atom. The van der Waals surface area contributed by atoms with Crippen LogP contribution >= 0.6 is 0 Å². The molecule has 0 fully saturated rings. The predicted octanol–water partition coefficient (Wildman–Crippen LogP) is 2.91. The summed E-state index contributed by atoms with van der Waals surface area (Å²) in [6.07, 6.45) is 1.51. The number of methoxy groups -OCH3 is 2. The van der Waals surface area contributed by atoms with Crippen LogP contribution in [0.15, 0.2) is 36.4 Å². The maximum absolute atomic E-state index is 10.9. The van der Waals surface area contributed by atoms with Gasteiger partial charge in [-0.3, -0.25) is 9.59 Å². The lowest BCUT2D eigenvalue weighted by molar-refractivity contribution is 0.111.